The highest BCUT2D eigenvalue weighted by Crippen LogP contribution is 2.36. The molecule has 1 saturated carbocycles. The smallest absolute Gasteiger partial charge is 0.225 e. The number of rotatable bonds is 2. The molecule has 2 heterocycles. The van der Waals surface area contributed by atoms with Gasteiger partial charge in [0, 0.05) is 50.1 Å². The van der Waals surface area contributed by atoms with Crippen LogP contribution >= 0.6 is 0 Å². The molecule has 1 saturated heterocycles. The van der Waals surface area contributed by atoms with Crippen LogP contribution in [-0.4, -0.2) is 48.5 Å². The van der Waals surface area contributed by atoms with Gasteiger partial charge in [-0.3, -0.25) is 9.69 Å². The summed E-state index contributed by atoms with van der Waals surface area (Å²) in [6.45, 7) is 4.53. The van der Waals surface area contributed by atoms with Gasteiger partial charge in [-0.25, -0.2) is 0 Å². The Morgan fingerprint density at radius 3 is 2.57 bits per heavy atom. The molecular formula is C17H22N2O2. The predicted molar refractivity (Wildman–Crippen MR) is 80.2 cm³/mol. The van der Waals surface area contributed by atoms with Gasteiger partial charge >= 0.3 is 0 Å². The van der Waals surface area contributed by atoms with E-state index in [1.807, 2.05) is 6.07 Å². The van der Waals surface area contributed by atoms with Crippen LogP contribution in [0.2, 0.25) is 0 Å². The number of ether oxygens (including phenoxy) is 1. The van der Waals surface area contributed by atoms with E-state index < -0.39 is 0 Å². The zero-order valence-corrected chi connectivity index (χ0v) is 12.3. The van der Waals surface area contributed by atoms with Gasteiger partial charge in [0.15, 0.2) is 0 Å². The van der Waals surface area contributed by atoms with Gasteiger partial charge in [-0.05, 0) is 18.9 Å². The Morgan fingerprint density at radius 1 is 1.05 bits per heavy atom. The number of carbonyl (C=O) groups is 1. The molecule has 0 N–H and O–H groups in total. The molecule has 0 aromatic heterocycles. The fourth-order valence-corrected chi connectivity index (χ4v) is 3.55. The number of hydrogen-bond acceptors (Lipinski definition) is 3. The molecule has 21 heavy (non-hydrogen) atoms. The highest BCUT2D eigenvalue weighted by Gasteiger charge is 2.36. The van der Waals surface area contributed by atoms with E-state index in [9.17, 15) is 4.79 Å². The van der Waals surface area contributed by atoms with Gasteiger partial charge in [0.25, 0.3) is 0 Å². The van der Waals surface area contributed by atoms with E-state index >= 15 is 0 Å². The molecule has 0 spiro atoms. The number of amides is 1. The minimum atomic E-state index is 0.348. The number of carbonyl (C=O) groups excluding carboxylic acids is 1. The van der Waals surface area contributed by atoms with Crippen LogP contribution in [0.15, 0.2) is 24.3 Å². The third-order valence-corrected chi connectivity index (χ3v) is 4.92. The van der Waals surface area contributed by atoms with Crippen LogP contribution in [0.4, 0.5) is 0 Å². The van der Waals surface area contributed by atoms with Crippen LogP contribution < -0.4 is 4.74 Å². The Bertz CT molecular complexity index is 533. The molecule has 4 rings (SSSR count). The molecule has 1 atom stereocenters. The third kappa shape index (κ3) is 2.53. The van der Waals surface area contributed by atoms with Gasteiger partial charge < -0.3 is 9.64 Å². The molecule has 2 aliphatic heterocycles. The van der Waals surface area contributed by atoms with Gasteiger partial charge in [0.2, 0.25) is 5.91 Å². The molecule has 4 heteroatoms. The van der Waals surface area contributed by atoms with Crippen LogP contribution in [0, 0.1) is 5.92 Å². The van der Waals surface area contributed by atoms with E-state index in [-0.39, 0.29) is 0 Å². The lowest BCUT2D eigenvalue weighted by Gasteiger charge is -2.41. The molecule has 1 aliphatic carbocycles. The summed E-state index contributed by atoms with van der Waals surface area (Å²) in [4.78, 5) is 16.7. The number of hydrogen-bond donors (Lipinski definition) is 0. The van der Waals surface area contributed by atoms with E-state index in [1.54, 1.807) is 0 Å². The fourth-order valence-electron chi connectivity index (χ4n) is 3.55. The molecule has 1 aromatic rings. The van der Waals surface area contributed by atoms with Gasteiger partial charge in [-0.1, -0.05) is 18.2 Å². The van der Waals surface area contributed by atoms with Crippen molar-refractivity contribution in [1.82, 2.24) is 9.80 Å². The Kier molecular flexibility index (Phi) is 3.34. The average molecular weight is 286 g/mol. The Labute approximate surface area is 125 Å². The molecule has 4 nitrogen and oxygen atoms in total. The second kappa shape index (κ2) is 5.34. The number of fused-ring (bicyclic) bond motifs is 1. The summed E-state index contributed by atoms with van der Waals surface area (Å²) in [5, 5.41) is 0. The highest BCUT2D eigenvalue weighted by atomic mass is 16.5. The van der Waals surface area contributed by atoms with Crippen LogP contribution in [0.25, 0.3) is 0 Å². The first-order chi connectivity index (χ1) is 10.3. The maximum Gasteiger partial charge on any atom is 0.225 e. The van der Waals surface area contributed by atoms with Crippen molar-refractivity contribution in [2.75, 3.05) is 32.8 Å². The summed E-state index contributed by atoms with van der Waals surface area (Å²) in [6.07, 6.45) is 3.26. The van der Waals surface area contributed by atoms with E-state index in [2.05, 4.69) is 28.0 Å². The van der Waals surface area contributed by atoms with Crippen molar-refractivity contribution < 1.29 is 9.53 Å². The molecule has 2 fully saturated rings. The van der Waals surface area contributed by atoms with Crippen LogP contribution in [0.1, 0.15) is 30.9 Å². The first-order valence-corrected chi connectivity index (χ1v) is 8.07. The third-order valence-electron chi connectivity index (χ3n) is 4.92. The molecule has 1 amide bonds. The highest BCUT2D eigenvalue weighted by molar-refractivity contribution is 5.81. The molecule has 112 valence electrons. The molecule has 0 radical (unpaired) electrons. The van der Waals surface area contributed by atoms with Crippen molar-refractivity contribution in [3.8, 4) is 5.75 Å². The molecular weight excluding hydrogens is 264 g/mol. The van der Waals surface area contributed by atoms with E-state index in [1.165, 1.54) is 5.56 Å². The van der Waals surface area contributed by atoms with Crippen LogP contribution in [0.3, 0.4) is 0 Å². The Balaban J connectivity index is 1.43. The fraction of sp³-hybridized carbons (Fsp3) is 0.588. The number of piperazine rings is 1. The Morgan fingerprint density at radius 2 is 1.81 bits per heavy atom. The SMILES string of the molecule is O=C(C1CC1)N1CCN(C2CCOc3ccccc32)CC1. The van der Waals surface area contributed by atoms with Crippen LogP contribution in [-0.2, 0) is 4.79 Å². The largest absolute Gasteiger partial charge is 0.493 e. The molecule has 0 bridgehead atoms. The van der Waals surface area contributed by atoms with Crippen LogP contribution in [0.5, 0.6) is 5.75 Å². The van der Waals surface area contributed by atoms with Gasteiger partial charge in [0.05, 0.1) is 6.61 Å². The van der Waals surface area contributed by atoms with Crippen molar-refractivity contribution in [3.63, 3.8) is 0 Å². The number of para-hydroxylation sites is 1. The Hall–Kier alpha value is -1.55. The maximum atomic E-state index is 12.1. The molecule has 1 aromatic carbocycles. The lowest BCUT2D eigenvalue weighted by Crippen LogP contribution is -2.50. The van der Waals surface area contributed by atoms with Gasteiger partial charge in [0.1, 0.15) is 5.75 Å². The quantitative estimate of drug-likeness (QED) is 0.834. The number of nitrogens with zero attached hydrogens (tertiary/aromatic N) is 2. The summed E-state index contributed by atoms with van der Waals surface area (Å²) in [5.41, 5.74) is 1.31. The molecule has 1 unspecified atom stereocenters. The lowest BCUT2D eigenvalue weighted by molar-refractivity contribution is -0.134. The van der Waals surface area contributed by atoms with Crippen molar-refractivity contribution in [2.45, 2.75) is 25.3 Å². The van der Waals surface area contributed by atoms with Gasteiger partial charge in [-0.2, -0.15) is 0 Å². The topological polar surface area (TPSA) is 32.8 Å². The average Bonchev–Trinajstić information content (AvgIpc) is 3.39. The standard InChI is InChI=1S/C17H22N2O2/c20-17(13-5-6-13)19-10-8-18(9-11-19)15-7-12-21-16-4-2-1-3-14(15)16/h1-4,13,15H,5-12H2. The zero-order valence-electron chi connectivity index (χ0n) is 12.3. The number of benzene rings is 1. The summed E-state index contributed by atoms with van der Waals surface area (Å²) in [5.74, 6) is 1.77. The minimum Gasteiger partial charge on any atom is -0.493 e. The van der Waals surface area contributed by atoms with Crippen molar-refractivity contribution in [3.05, 3.63) is 29.8 Å². The van der Waals surface area contributed by atoms with Crippen molar-refractivity contribution in [1.29, 1.82) is 0 Å². The van der Waals surface area contributed by atoms with E-state index in [0.29, 0.717) is 17.9 Å². The maximum absolute atomic E-state index is 12.1. The zero-order chi connectivity index (χ0) is 14.2. The summed E-state index contributed by atoms with van der Waals surface area (Å²) >= 11 is 0. The van der Waals surface area contributed by atoms with Crippen molar-refractivity contribution in [2.24, 2.45) is 5.92 Å². The second-order valence-corrected chi connectivity index (χ2v) is 6.33. The lowest BCUT2D eigenvalue weighted by atomic mass is 9.98. The summed E-state index contributed by atoms with van der Waals surface area (Å²) < 4.78 is 5.75. The van der Waals surface area contributed by atoms with E-state index in [0.717, 1.165) is 57.8 Å². The summed E-state index contributed by atoms with van der Waals surface area (Å²) in [7, 11) is 0. The summed E-state index contributed by atoms with van der Waals surface area (Å²) in [6, 6.07) is 8.82. The predicted octanol–water partition coefficient (Wildman–Crippen LogP) is 2.06. The monoisotopic (exact) mass is 286 g/mol. The first kappa shape index (κ1) is 13.1. The second-order valence-electron chi connectivity index (χ2n) is 6.33. The van der Waals surface area contributed by atoms with Gasteiger partial charge in [-0.15, -0.1) is 0 Å². The van der Waals surface area contributed by atoms with Crippen molar-refractivity contribution >= 4 is 5.91 Å². The first-order valence-electron chi connectivity index (χ1n) is 8.07. The van der Waals surface area contributed by atoms with E-state index in [4.69, 9.17) is 4.74 Å². The molecule has 3 aliphatic rings. The minimum absolute atomic E-state index is 0.348. The normalized spacial score (nSPS) is 26.1.